The van der Waals surface area contributed by atoms with Crippen LogP contribution in [-0.4, -0.2) is 53.8 Å². The maximum absolute atomic E-state index is 16.3. The van der Waals surface area contributed by atoms with E-state index in [2.05, 4.69) is 5.32 Å². The maximum Gasteiger partial charge on any atom is 0.417 e. The number of ketones is 1. The zero-order chi connectivity index (χ0) is 31.1. The Morgan fingerprint density at radius 1 is 1.00 bits per heavy atom. The molecule has 42 heavy (non-hydrogen) atoms. The Morgan fingerprint density at radius 2 is 1.64 bits per heavy atom. The summed E-state index contributed by atoms with van der Waals surface area (Å²) in [4.78, 5) is 42.4. The number of hydrogen-bond acceptors (Lipinski definition) is 5. The van der Waals surface area contributed by atoms with E-state index in [0.717, 1.165) is 24.3 Å². The molecule has 0 unspecified atom stereocenters. The number of halogens is 6. The number of benzene rings is 2. The molecule has 1 saturated heterocycles. The summed E-state index contributed by atoms with van der Waals surface area (Å²) < 4.78 is 87.6. The SMILES string of the molecule is CCC(=O)c1ccc(-c2c(F)cc(N3C[C@@H](C)N(C)[C@@H](C)C3)c(NC(=O)c3c[nH]c(=O)cc3C(F)(F)F)c2F)cc1F. The highest BCUT2D eigenvalue weighted by molar-refractivity contribution is 6.07. The van der Waals surface area contributed by atoms with E-state index in [1.165, 1.54) is 6.92 Å². The highest BCUT2D eigenvalue weighted by atomic mass is 19.4. The first-order chi connectivity index (χ1) is 19.6. The molecule has 2 aromatic carbocycles. The van der Waals surface area contributed by atoms with Crippen molar-refractivity contribution in [3.8, 4) is 11.1 Å². The van der Waals surface area contributed by atoms with Gasteiger partial charge in [-0.3, -0.25) is 19.3 Å². The van der Waals surface area contributed by atoms with Crippen molar-refractivity contribution in [1.82, 2.24) is 9.88 Å². The van der Waals surface area contributed by atoms with Crippen LogP contribution in [0.25, 0.3) is 11.1 Å². The number of carbonyl (C=O) groups excluding carboxylic acids is 2. The van der Waals surface area contributed by atoms with Gasteiger partial charge in [-0.15, -0.1) is 0 Å². The third-order valence-corrected chi connectivity index (χ3v) is 7.49. The van der Waals surface area contributed by atoms with Gasteiger partial charge in [-0.2, -0.15) is 13.2 Å². The summed E-state index contributed by atoms with van der Waals surface area (Å²) in [6.45, 7) is 5.79. The minimum Gasteiger partial charge on any atom is -0.367 e. The predicted octanol–water partition coefficient (Wildman–Crippen LogP) is 5.85. The van der Waals surface area contributed by atoms with Crippen LogP contribution in [0.15, 0.2) is 41.3 Å². The minimum atomic E-state index is -5.09. The molecular weight excluding hydrogens is 566 g/mol. The van der Waals surface area contributed by atoms with E-state index < -0.39 is 63.3 Å². The van der Waals surface area contributed by atoms with E-state index in [4.69, 9.17) is 0 Å². The van der Waals surface area contributed by atoms with Gasteiger partial charge in [0, 0.05) is 49.9 Å². The van der Waals surface area contributed by atoms with Crippen molar-refractivity contribution in [2.24, 2.45) is 0 Å². The van der Waals surface area contributed by atoms with E-state index in [-0.39, 0.29) is 54.5 Å². The Bertz CT molecular complexity index is 1590. The second-order valence-corrected chi connectivity index (χ2v) is 10.3. The number of hydrogen-bond donors (Lipinski definition) is 2. The number of alkyl halides is 3. The summed E-state index contributed by atoms with van der Waals surface area (Å²) in [5.74, 6) is -5.43. The van der Waals surface area contributed by atoms with Crippen molar-refractivity contribution >= 4 is 23.1 Å². The lowest BCUT2D eigenvalue weighted by atomic mass is 9.98. The van der Waals surface area contributed by atoms with Crippen LogP contribution < -0.4 is 15.8 Å². The van der Waals surface area contributed by atoms with Crippen LogP contribution in [0.1, 0.15) is 53.5 Å². The fraction of sp³-hybridized carbons (Fsp3) is 0.345. The topological polar surface area (TPSA) is 85.5 Å². The number of Topliss-reactive ketones (excluding diaryl/α,β-unsaturated/α-hetero) is 1. The molecule has 4 rings (SSSR count). The highest BCUT2D eigenvalue weighted by Gasteiger charge is 2.37. The largest absolute Gasteiger partial charge is 0.417 e. The van der Waals surface area contributed by atoms with E-state index in [1.54, 1.807) is 4.90 Å². The van der Waals surface area contributed by atoms with E-state index in [9.17, 15) is 31.9 Å². The molecule has 3 aromatic rings. The van der Waals surface area contributed by atoms with Crippen LogP contribution in [0.4, 0.5) is 37.7 Å². The minimum absolute atomic E-state index is 0.00357. The Balaban J connectivity index is 1.89. The van der Waals surface area contributed by atoms with Crippen molar-refractivity contribution < 1.29 is 35.9 Å². The first-order valence-electron chi connectivity index (χ1n) is 13.1. The maximum atomic E-state index is 16.3. The normalized spacial score (nSPS) is 17.8. The van der Waals surface area contributed by atoms with E-state index in [1.807, 2.05) is 30.8 Å². The molecule has 1 aliphatic heterocycles. The van der Waals surface area contributed by atoms with Gasteiger partial charge in [-0.25, -0.2) is 13.2 Å². The fourth-order valence-corrected chi connectivity index (χ4v) is 5.00. The Labute approximate surface area is 237 Å². The van der Waals surface area contributed by atoms with Gasteiger partial charge in [0.15, 0.2) is 11.6 Å². The van der Waals surface area contributed by atoms with Gasteiger partial charge in [0.25, 0.3) is 5.91 Å². The number of amides is 1. The molecule has 0 radical (unpaired) electrons. The van der Waals surface area contributed by atoms with Crippen LogP contribution in [0.3, 0.4) is 0 Å². The Hall–Kier alpha value is -4.13. The van der Waals surface area contributed by atoms with Crippen LogP contribution in [0.2, 0.25) is 0 Å². The van der Waals surface area contributed by atoms with Gasteiger partial charge in [0.2, 0.25) is 5.56 Å². The molecule has 0 bridgehead atoms. The smallest absolute Gasteiger partial charge is 0.367 e. The van der Waals surface area contributed by atoms with Gasteiger partial charge >= 0.3 is 6.18 Å². The molecule has 224 valence electrons. The summed E-state index contributed by atoms with van der Waals surface area (Å²) in [6, 6.07) is 3.94. The number of H-pyrrole nitrogens is 1. The number of anilines is 2. The molecule has 7 nitrogen and oxygen atoms in total. The zero-order valence-corrected chi connectivity index (χ0v) is 23.1. The van der Waals surface area contributed by atoms with Crippen LogP contribution in [-0.2, 0) is 6.18 Å². The molecule has 0 aliphatic carbocycles. The number of rotatable bonds is 6. The fourth-order valence-electron chi connectivity index (χ4n) is 5.00. The van der Waals surface area contributed by atoms with Crippen LogP contribution >= 0.6 is 0 Å². The lowest BCUT2D eigenvalue weighted by Gasteiger charge is -2.44. The molecular formula is C29H28F6N4O3. The number of likely N-dealkylation sites (N-methyl/N-ethyl adjacent to an activating group) is 1. The molecule has 1 aromatic heterocycles. The Kier molecular flexibility index (Phi) is 8.53. The number of aromatic nitrogens is 1. The number of piperazine rings is 1. The number of carbonyl (C=O) groups is 2. The Morgan fingerprint density at radius 3 is 2.21 bits per heavy atom. The summed E-state index contributed by atoms with van der Waals surface area (Å²) in [7, 11) is 1.87. The van der Waals surface area contributed by atoms with E-state index >= 15 is 8.78 Å². The summed E-state index contributed by atoms with van der Waals surface area (Å²) in [5, 5.41) is 2.15. The monoisotopic (exact) mass is 594 g/mol. The van der Waals surface area contributed by atoms with Crippen LogP contribution in [0, 0.1) is 17.5 Å². The quantitative estimate of drug-likeness (QED) is 0.276. The highest BCUT2D eigenvalue weighted by Crippen LogP contribution is 2.40. The lowest BCUT2D eigenvalue weighted by molar-refractivity contribution is -0.138. The van der Waals surface area contributed by atoms with Gasteiger partial charge in [0.1, 0.15) is 17.3 Å². The van der Waals surface area contributed by atoms with Gasteiger partial charge < -0.3 is 15.2 Å². The lowest BCUT2D eigenvalue weighted by Crippen LogP contribution is -2.55. The number of aromatic amines is 1. The molecule has 2 N–H and O–H groups in total. The van der Waals surface area contributed by atoms with Gasteiger partial charge in [-0.05, 0) is 38.6 Å². The molecule has 2 heterocycles. The zero-order valence-electron chi connectivity index (χ0n) is 23.1. The summed E-state index contributed by atoms with van der Waals surface area (Å²) >= 11 is 0. The molecule has 1 amide bonds. The van der Waals surface area contributed by atoms with Crippen molar-refractivity contribution in [3.05, 3.63) is 81.0 Å². The molecule has 2 atom stereocenters. The second-order valence-electron chi connectivity index (χ2n) is 10.3. The molecule has 1 fully saturated rings. The third-order valence-electron chi connectivity index (χ3n) is 7.49. The second kappa shape index (κ2) is 11.6. The number of nitrogens with zero attached hydrogens (tertiary/aromatic N) is 2. The average Bonchev–Trinajstić information content (AvgIpc) is 2.91. The summed E-state index contributed by atoms with van der Waals surface area (Å²) in [6.07, 6.45) is -4.54. The standard InChI is InChI=1S/C29H28F6N4O3/c1-5-23(40)17-7-6-16(8-20(17)30)25-21(31)10-22(39-12-14(2)38(4)15(3)13-39)27(26(25)32)37-28(42)18-11-36-24(41)9-19(18)29(33,34)35/h6-11,14-15H,5,12-13H2,1-4H3,(H,36,41)(H,37,42)/t14-,15+. The molecule has 0 spiro atoms. The van der Waals surface area contributed by atoms with Crippen LogP contribution in [0.5, 0.6) is 0 Å². The van der Waals surface area contributed by atoms with Gasteiger partial charge in [-0.1, -0.05) is 13.0 Å². The van der Waals surface area contributed by atoms with Gasteiger partial charge in [0.05, 0.1) is 27.9 Å². The number of nitrogens with one attached hydrogen (secondary N) is 2. The molecule has 0 saturated carbocycles. The van der Waals surface area contributed by atoms with Crippen molar-refractivity contribution in [1.29, 1.82) is 0 Å². The average molecular weight is 595 g/mol. The first-order valence-corrected chi connectivity index (χ1v) is 13.1. The van der Waals surface area contributed by atoms with Crippen molar-refractivity contribution in [2.75, 3.05) is 30.4 Å². The first kappa shape index (κ1) is 30.8. The molecule has 13 heteroatoms. The number of pyridine rings is 1. The van der Waals surface area contributed by atoms with Crippen molar-refractivity contribution in [3.63, 3.8) is 0 Å². The molecule has 1 aliphatic rings. The summed E-state index contributed by atoms with van der Waals surface area (Å²) in [5.41, 5.74) is -5.74. The predicted molar refractivity (Wildman–Crippen MR) is 145 cm³/mol. The third kappa shape index (κ3) is 5.91. The van der Waals surface area contributed by atoms with E-state index in [0.29, 0.717) is 6.20 Å². The van der Waals surface area contributed by atoms with Crippen molar-refractivity contribution in [2.45, 2.75) is 45.5 Å².